The second-order valence-corrected chi connectivity index (χ2v) is 6.83. The third kappa shape index (κ3) is 9.47. The average Bonchev–Trinajstić information content (AvgIpc) is 2.61. The maximum Gasteiger partial charge on any atom is 0.511 e. The standard InChI is InChI=1S/C7H4I2O3.2C6H6O/c8-4-2-1-3-5(6(4)9)12-7(10)11;2*7-6-4-2-1-3-5-6/h1-3H,(H,10,11);2*1-5,7H. The van der Waals surface area contributed by atoms with Gasteiger partial charge in [0.25, 0.3) is 0 Å². The van der Waals surface area contributed by atoms with Crippen LogP contribution in [-0.2, 0) is 0 Å². The minimum Gasteiger partial charge on any atom is -0.508 e. The van der Waals surface area contributed by atoms with E-state index in [0.29, 0.717) is 17.2 Å². The zero-order valence-corrected chi connectivity index (χ0v) is 17.7. The molecule has 0 bridgehead atoms. The second-order valence-electron chi connectivity index (χ2n) is 4.59. The molecular weight excluding hydrogens is 562 g/mol. The van der Waals surface area contributed by atoms with Crippen LogP contribution in [0.4, 0.5) is 4.79 Å². The SMILES string of the molecule is O=C(O)Oc1cccc(I)c1I.Oc1ccccc1.Oc1ccccc1. The summed E-state index contributed by atoms with van der Waals surface area (Å²) in [5.74, 6) is 1.03. The van der Waals surface area contributed by atoms with Gasteiger partial charge >= 0.3 is 6.16 Å². The first-order valence-electron chi connectivity index (χ1n) is 7.23. The van der Waals surface area contributed by atoms with Gasteiger partial charge in [-0.3, -0.25) is 0 Å². The molecule has 0 aliphatic heterocycles. The van der Waals surface area contributed by atoms with E-state index in [0.717, 1.165) is 7.14 Å². The minimum atomic E-state index is -1.28. The van der Waals surface area contributed by atoms with Crippen LogP contribution < -0.4 is 4.74 Å². The van der Waals surface area contributed by atoms with Gasteiger partial charge in [-0.1, -0.05) is 42.5 Å². The van der Waals surface area contributed by atoms with Crippen molar-refractivity contribution in [2.45, 2.75) is 0 Å². The second kappa shape index (κ2) is 12.4. The molecule has 26 heavy (non-hydrogen) atoms. The summed E-state index contributed by atoms with van der Waals surface area (Å²) in [5.41, 5.74) is 0. The Morgan fingerprint density at radius 2 is 1.19 bits per heavy atom. The molecule has 0 aliphatic rings. The number of aromatic hydroxyl groups is 2. The van der Waals surface area contributed by atoms with Gasteiger partial charge in [0, 0.05) is 3.57 Å². The molecule has 3 N–H and O–H groups in total. The van der Waals surface area contributed by atoms with Crippen LogP contribution in [0.5, 0.6) is 17.2 Å². The van der Waals surface area contributed by atoms with Crippen LogP contribution in [-0.4, -0.2) is 21.5 Å². The topological polar surface area (TPSA) is 87.0 Å². The van der Waals surface area contributed by atoms with Crippen LogP contribution in [0.15, 0.2) is 78.9 Å². The maximum absolute atomic E-state index is 10.2. The smallest absolute Gasteiger partial charge is 0.508 e. The molecule has 0 saturated carbocycles. The summed E-state index contributed by atoms with van der Waals surface area (Å²) in [5, 5.41) is 25.6. The zero-order valence-electron chi connectivity index (χ0n) is 13.4. The number of benzene rings is 3. The van der Waals surface area contributed by atoms with Crippen molar-refractivity contribution in [1.82, 2.24) is 0 Å². The number of halogens is 2. The number of phenolic OH excluding ortho intramolecular Hbond substituents is 2. The molecule has 0 radical (unpaired) electrons. The van der Waals surface area contributed by atoms with Gasteiger partial charge in [-0.15, -0.1) is 0 Å². The lowest BCUT2D eigenvalue weighted by molar-refractivity contribution is 0.144. The predicted octanol–water partition coefficient (Wildman–Crippen LogP) is 5.74. The minimum absolute atomic E-state index is 0.322. The third-order valence-electron chi connectivity index (χ3n) is 2.63. The largest absolute Gasteiger partial charge is 0.511 e. The van der Waals surface area contributed by atoms with Gasteiger partial charge in [-0.25, -0.2) is 4.79 Å². The molecule has 3 aromatic carbocycles. The molecule has 5 nitrogen and oxygen atoms in total. The van der Waals surface area contributed by atoms with Gasteiger partial charge in [0.05, 0.1) is 3.57 Å². The Kier molecular flexibility index (Phi) is 10.5. The number of ether oxygens (including phenoxy) is 1. The van der Waals surface area contributed by atoms with Crippen molar-refractivity contribution in [3.8, 4) is 17.2 Å². The number of hydrogen-bond acceptors (Lipinski definition) is 4. The van der Waals surface area contributed by atoms with E-state index in [1.807, 2.05) is 40.8 Å². The summed E-state index contributed by atoms with van der Waals surface area (Å²) in [6.45, 7) is 0. The Morgan fingerprint density at radius 3 is 1.54 bits per heavy atom. The summed E-state index contributed by atoms with van der Waals surface area (Å²) in [6.07, 6.45) is -1.28. The first kappa shape index (κ1) is 22.0. The molecule has 0 aromatic heterocycles. The first-order chi connectivity index (χ1) is 12.4. The number of carbonyl (C=O) groups is 1. The maximum atomic E-state index is 10.2. The number of para-hydroxylation sites is 2. The van der Waals surface area contributed by atoms with Gasteiger partial charge < -0.3 is 20.1 Å². The summed E-state index contributed by atoms with van der Waals surface area (Å²) >= 11 is 4.16. The number of phenols is 2. The van der Waals surface area contributed by atoms with E-state index in [-0.39, 0.29) is 0 Å². The van der Waals surface area contributed by atoms with E-state index in [4.69, 9.17) is 15.3 Å². The van der Waals surface area contributed by atoms with E-state index in [1.165, 1.54) is 0 Å². The van der Waals surface area contributed by atoms with Gasteiger partial charge in [0.1, 0.15) is 17.2 Å². The molecule has 3 rings (SSSR count). The number of hydrogen-bond donors (Lipinski definition) is 3. The zero-order chi connectivity index (χ0) is 19.4. The molecule has 0 spiro atoms. The fraction of sp³-hybridized carbons (Fsp3) is 0. The van der Waals surface area contributed by atoms with E-state index < -0.39 is 6.16 Å². The monoisotopic (exact) mass is 578 g/mol. The molecule has 0 atom stereocenters. The third-order valence-corrected chi connectivity index (χ3v) is 5.67. The van der Waals surface area contributed by atoms with Gasteiger partial charge in [-0.2, -0.15) is 0 Å². The Bertz CT molecular complexity index is 758. The van der Waals surface area contributed by atoms with Crippen molar-refractivity contribution in [1.29, 1.82) is 0 Å². The quantitative estimate of drug-likeness (QED) is 0.195. The number of rotatable bonds is 1. The molecule has 0 saturated heterocycles. The lowest BCUT2D eigenvalue weighted by atomic mass is 10.3. The molecule has 3 aromatic rings. The van der Waals surface area contributed by atoms with E-state index in [1.54, 1.807) is 60.7 Å². The van der Waals surface area contributed by atoms with E-state index in [9.17, 15) is 4.79 Å². The molecular formula is C19H16I2O5. The highest BCUT2D eigenvalue weighted by molar-refractivity contribution is 14.1. The van der Waals surface area contributed by atoms with Crippen LogP contribution in [0, 0.1) is 7.14 Å². The average molecular weight is 578 g/mol. The highest BCUT2D eigenvalue weighted by atomic mass is 127. The van der Waals surface area contributed by atoms with Crippen molar-refractivity contribution in [3.63, 3.8) is 0 Å². The van der Waals surface area contributed by atoms with E-state index >= 15 is 0 Å². The summed E-state index contributed by atoms with van der Waals surface area (Å²) in [7, 11) is 0. The fourth-order valence-electron chi connectivity index (χ4n) is 1.51. The molecule has 0 amide bonds. The Labute approximate surface area is 178 Å². The molecule has 0 fully saturated rings. The predicted molar refractivity (Wildman–Crippen MR) is 117 cm³/mol. The first-order valence-corrected chi connectivity index (χ1v) is 9.38. The molecule has 0 heterocycles. The Hall–Kier alpha value is -2.01. The van der Waals surface area contributed by atoms with Crippen LogP contribution in [0.3, 0.4) is 0 Å². The van der Waals surface area contributed by atoms with Crippen LogP contribution >= 0.6 is 45.2 Å². The van der Waals surface area contributed by atoms with Crippen LogP contribution in [0.1, 0.15) is 0 Å². The Balaban J connectivity index is 0.000000207. The van der Waals surface area contributed by atoms with Crippen molar-refractivity contribution in [2.24, 2.45) is 0 Å². The van der Waals surface area contributed by atoms with Crippen molar-refractivity contribution < 1.29 is 24.9 Å². The highest BCUT2D eigenvalue weighted by Crippen LogP contribution is 2.25. The van der Waals surface area contributed by atoms with E-state index in [2.05, 4.69) is 27.3 Å². The summed E-state index contributed by atoms with van der Waals surface area (Å²) in [4.78, 5) is 10.2. The van der Waals surface area contributed by atoms with Crippen molar-refractivity contribution in [3.05, 3.63) is 86.0 Å². The summed E-state index contributed by atoms with van der Waals surface area (Å²) < 4.78 is 6.33. The van der Waals surface area contributed by atoms with Crippen molar-refractivity contribution in [2.75, 3.05) is 0 Å². The molecule has 136 valence electrons. The van der Waals surface area contributed by atoms with Gasteiger partial charge in [-0.05, 0) is 81.6 Å². The highest BCUT2D eigenvalue weighted by Gasteiger charge is 2.07. The molecule has 0 aliphatic carbocycles. The lowest BCUT2D eigenvalue weighted by Crippen LogP contribution is -2.04. The van der Waals surface area contributed by atoms with Gasteiger partial charge in [0.2, 0.25) is 0 Å². The van der Waals surface area contributed by atoms with Crippen LogP contribution in [0.25, 0.3) is 0 Å². The fourth-order valence-corrected chi connectivity index (χ4v) is 2.46. The molecule has 7 heteroatoms. The molecule has 0 unspecified atom stereocenters. The lowest BCUT2D eigenvalue weighted by Gasteiger charge is -2.03. The van der Waals surface area contributed by atoms with Crippen molar-refractivity contribution >= 4 is 51.3 Å². The Morgan fingerprint density at radius 1 is 0.731 bits per heavy atom. The van der Waals surface area contributed by atoms with Crippen LogP contribution in [0.2, 0.25) is 0 Å². The van der Waals surface area contributed by atoms with Gasteiger partial charge in [0.15, 0.2) is 0 Å². The number of carboxylic acid groups (broad SMARTS) is 1. The normalized spacial score (nSPS) is 9.00. The summed E-state index contributed by atoms with van der Waals surface area (Å²) in [6, 6.07) is 22.7.